The first-order chi connectivity index (χ1) is 15.2. The minimum absolute atomic E-state index is 0.195. The monoisotopic (exact) mass is 426 g/mol. The highest BCUT2D eigenvalue weighted by atomic mass is 16.5. The van der Waals surface area contributed by atoms with Crippen molar-refractivity contribution in [1.29, 1.82) is 0 Å². The molecule has 1 heterocycles. The quantitative estimate of drug-likeness (QED) is 0.451. The molecule has 3 aromatic rings. The molecule has 0 aliphatic heterocycles. The van der Waals surface area contributed by atoms with Gasteiger partial charge in [0.05, 0.1) is 30.0 Å². The fourth-order valence-electron chi connectivity index (χ4n) is 2.91. The Balaban J connectivity index is 1.99. The number of nitrogens with one attached hydrogen (secondary N) is 2. The first kappa shape index (κ1) is 22.3. The summed E-state index contributed by atoms with van der Waals surface area (Å²) < 4.78 is 21.8. The summed E-state index contributed by atoms with van der Waals surface area (Å²) in [6, 6.07) is 10.8. The standard InChI is InChI=1S/C22H26N4O5/c1-23-22(27)15-6-4-5-7-17(15)26-21-16-12-19(30-10-8-28-2)20(31-11-9-29-3)13-18(16)24-14-25-21/h4-7,12-14H,8-11H2,1-3H3,(H,23,27)(H,24,25,26). The molecule has 1 aromatic heterocycles. The number of aromatic nitrogens is 2. The van der Waals surface area contributed by atoms with Crippen LogP contribution in [-0.4, -0.2) is 63.6 Å². The molecule has 0 aliphatic rings. The van der Waals surface area contributed by atoms with Gasteiger partial charge in [-0.3, -0.25) is 4.79 Å². The summed E-state index contributed by atoms with van der Waals surface area (Å²) in [7, 11) is 4.81. The number of carbonyl (C=O) groups is 1. The largest absolute Gasteiger partial charge is 0.487 e. The van der Waals surface area contributed by atoms with Gasteiger partial charge in [-0.2, -0.15) is 0 Å². The number of nitrogens with zero attached hydrogens (tertiary/aromatic N) is 2. The zero-order valence-electron chi connectivity index (χ0n) is 17.8. The molecule has 0 unspecified atom stereocenters. The molecule has 0 saturated heterocycles. The van der Waals surface area contributed by atoms with Crippen LogP contribution in [0.1, 0.15) is 10.4 Å². The highest BCUT2D eigenvalue weighted by Gasteiger charge is 2.15. The topological polar surface area (TPSA) is 104 Å². The van der Waals surface area contributed by atoms with E-state index in [1.165, 1.54) is 6.33 Å². The molecule has 3 rings (SSSR count). The van der Waals surface area contributed by atoms with Crippen molar-refractivity contribution < 1.29 is 23.7 Å². The van der Waals surface area contributed by atoms with Crippen molar-refractivity contribution in [2.45, 2.75) is 0 Å². The molecule has 0 aliphatic carbocycles. The van der Waals surface area contributed by atoms with E-state index < -0.39 is 0 Å². The first-order valence-electron chi connectivity index (χ1n) is 9.78. The van der Waals surface area contributed by atoms with E-state index in [-0.39, 0.29) is 5.91 Å². The van der Waals surface area contributed by atoms with Crippen molar-refractivity contribution in [2.75, 3.05) is 53.0 Å². The maximum absolute atomic E-state index is 12.2. The maximum atomic E-state index is 12.2. The fraction of sp³-hybridized carbons (Fsp3) is 0.318. The van der Waals surface area contributed by atoms with Gasteiger partial charge in [-0.25, -0.2) is 9.97 Å². The molecule has 0 spiro atoms. The number of para-hydroxylation sites is 1. The number of methoxy groups -OCH3 is 2. The normalized spacial score (nSPS) is 10.7. The zero-order valence-corrected chi connectivity index (χ0v) is 17.8. The van der Waals surface area contributed by atoms with E-state index in [1.54, 1.807) is 39.5 Å². The van der Waals surface area contributed by atoms with Crippen LogP contribution in [0.5, 0.6) is 11.5 Å². The average Bonchev–Trinajstić information content (AvgIpc) is 2.79. The van der Waals surface area contributed by atoms with Crippen LogP contribution in [0.3, 0.4) is 0 Å². The summed E-state index contributed by atoms with van der Waals surface area (Å²) >= 11 is 0. The molecule has 0 saturated carbocycles. The lowest BCUT2D eigenvalue weighted by molar-refractivity contribution is 0.0964. The van der Waals surface area contributed by atoms with Gasteiger partial charge < -0.3 is 29.6 Å². The zero-order chi connectivity index (χ0) is 22.1. The van der Waals surface area contributed by atoms with Gasteiger partial charge in [-0.1, -0.05) is 12.1 Å². The summed E-state index contributed by atoms with van der Waals surface area (Å²) in [5.74, 6) is 1.44. The second kappa shape index (κ2) is 11.1. The van der Waals surface area contributed by atoms with Gasteiger partial charge in [0.15, 0.2) is 11.5 Å². The van der Waals surface area contributed by atoms with Crippen molar-refractivity contribution in [2.24, 2.45) is 0 Å². The van der Waals surface area contributed by atoms with Crippen LogP contribution in [-0.2, 0) is 9.47 Å². The minimum Gasteiger partial charge on any atom is -0.487 e. The first-order valence-corrected chi connectivity index (χ1v) is 9.78. The number of hydrogen-bond acceptors (Lipinski definition) is 8. The Bertz CT molecular complexity index is 1030. The van der Waals surface area contributed by atoms with Crippen molar-refractivity contribution in [1.82, 2.24) is 15.3 Å². The lowest BCUT2D eigenvalue weighted by Gasteiger charge is -2.16. The van der Waals surface area contributed by atoms with Crippen molar-refractivity contribution in [3.63, 3.8) is 0 Å². The van der Waals surface area contributed by atoms with Crippen LogP contribution in [0.4, 0.5) is 11.5 Å². The molecule has 9 nitrogen and oxygen atoms in total. The molecule has 2 aromatic carbocycles. The summed E-state index contributed by atoms with van der Waals surface area (Å²) in [5.41, 5.74) is 1.80. The third-order valence-electron chi connectivity index (χ3n) is 4.44. The number of ether oxygens (including phenoxy) is 4. The van der Waals surface area contributed by atoms with E-state index >= 15 is 0 Å². The molecular formula is C22H26N4O5. The van der Waals surface area contributed by atoms with Gasteiger partial charge in [0.1, 0.15) is 25.4 Å². The maximum Gasteiger partial charge on any atom is 0.253 e. The molecule has 9 heteroatoms. The molecule has 1 amide bonds. The van der Waals surface area contributed by atoms with Crippen molar-refractivity contribution in [3.8, 4) is 11.5 Å². The van der Waals surface area contributed by atoms with Gasteiger partial charge in [0.2, 0.25) is 0 Å². The molecule has 0 fully saturated rings. The molecule has 0 radical (unpaired) electrons. The van der Waals surface area contributed by atoms with Gasteiger partial charge in [0.25, 0.3) is 5.91 Å². The minimum atomic E-state index is -0.195. The number of rotatable bonds is 11. The van der Waals surface area contributed by atoms with E-state index in [1.807, 2.05) is 18.2 Å². The van der Waals surface area contributed by atoms with Crippen LogP contribution in [0, 0.1) is 0 Å². The third-order valence-corrected chi connectivity index (χ3v) is 4.44. The number of hydrogen-bond donors (Lipinski definition) is 2. The van der Waals surface area contributed by atoms with Gasteiger partial charge in [-0.15, -0.1) is 0 Å². The Morgan fingerprint density at radius 2 is 1.61 bits per heavy atom. The summed E-state index contributed by atoms with van der Waals surface area (Å²) in [6.45, 7) is 1.62. The van der Waals surface area contributed by atoms with Crippen LogP contribution >= 0.6 is 0 Å². The second-order valence-electron chi connectivity index (χ2n) is 6.47. The van der Waals surface area contributed by atoms with Crippen LogP contribution in [0.15, 0.2) is 42.7 Å². The third kappa shape index (κ3) is 5.59. The Morgan fingerprint density at radius 1 is 0.935 bits per heavy atom. The Labute approximate surface area is 180 Å². The lowest BCUT2D eigenvalue weighted by atomic mass is 10.1. The van der Waals surface area contributed by atoms with E-state index in [0.717, 1.165) is 5.39 Å². The number of fused-ring (bicyclic) bond motifs is 1. The van der Waals surface area contributed by atoms with Crippen LogP contribution in [0.2, 0.25) is 0 Å². The van der Waals surface area contributed by atoms with E-state index in [4.69, 9.17) is 18.9 Å². The number of carbonyl (C=O) groups excluding carboxylic acids is 1. The van der Waals surface area contributed by atoms with Crippen LogP contribution < -0.4 is 20.1 Å². The second-order valence-corrected chi connectivity index (χ2v) is 6.47. The molecule has 0 bridgehead atoms. The van der Waals surface area contributed by atoms with Gasteiger partial charge in [0, 0.05) is 32.7 Å². The van der Waals surface area contributed by atoms with Gasteiger partial charge >= 0.3 is 0 Å². The van der Waals surface area contributed by atoms with E-state index in [9.17, 15) is 4.79 Å². The number of amides is 1. The predicted octanol–water partition coefficient (Wildman–Crippen LogP) is 2.78. The Hall–Kier alpha value is -3.43. The SMILES string of the molecule is CNC(=O)c1ccccc1Nc1ncnc2cc(OCCOC)c(OCCOC)cc12. The molecule has 164 valence electrons. The molecular weight excluding hydrogens is 400 g/mol. The molecule has 31 heavy (non-hydrogen) atoms. The summed E-state index contributed by atoms with van der Waals surface area (Å²) in [4.78, 5) is 21.0. The fourth-order valence-corrected chi connectivity index (χ4v) is 2.91. The molecule has 2 N–H and O–H groups in total. The summed E-state index contributed by atoms with van der Waals surface area (Å²) in [6.07, 6.45) is 1.46. The number of benzene rings is 2. The number of anilines is 2. The van der Waals surface area contributed by atoms with Crippen LogP contribution in [0.25, 0.3) is 10.9 Å². The van der Waals surface area contributed by atoms with Gasteiger partial charge in [-0.05, 0) is 18.2 Å². The Morgan fingerprint density at radius 3 is 2.29 bits per heavy atom. The predicted molar refractivity (Wildman–Crippen MR) is 117 cm³/mol. The van der Waals surface area contributed by atoms with E-state index in [0.29, 0.717) is 60.5 Å². The average molecular weight is 426 g/mol. The summed E-state index contributed by atoms with van der Waals surface area (Å²) in [5, 5.41) is 6.61. The van der Waals surface area contributed by atoms with Crippen molar-refractivity contribution >= 4 is 28.3 Å². The van der Waals surface area contributed by atoms with E-state index in [2.05, 4.69) is 20.6 Å². The molecule has 0 atom stereocenters. The highest BCUT2D eigenvalue weighted by molar-refractivity contribution is 6.01. The Kier molecular flexibility index (Phi) is 7.97. The van der Waals surface area contributed by atoms with Crippen molar-refractivity contribution in [3.05, 3.63) is 48.3 Å². The smallest absolute Gasteiger partial charge is 0.253 e. The highest BCUT2D eigenvalue weighted by Crippen LogP contribution is 2.35. The lowest BCUT2D eigenvalue weighted by Crippen LogP contribution is -2.19.